The van der Waals surface area contributed by atoms with Crippen LogP contribution in [0.2, 0.25) is 0 Å². The van der Waals surface area contributed by atoms with Gasteiger partial charge >= 0.3 is 12.0 Å². The number of rotatable bonds is 5. The van der Waals surface area contributed by atoms with Crippen LogP contribution in [0.5, 0.6) is 0 Å². The Kier molecular flexibility index (Phi) is 5.75. The number of nitrogens with one attached hydrogen (secondary N) is 2. The highest BCUT2D eigenvalue weighted by atomic mass is 32.1. The molecule has 2 amide bonds. The maximum Gasteiger partial charge on any atom is 0.338 e. The number of hydrogen-bond donors (Lipinski definition) is 2. The molecule has 0 saturated carbocycles. The minimum Gasteiger partial charge on any atom is -0.463 e. The van der Waals surface area contributed by atoms with Crippen molar-refractivity contribution < 1.29 is 14.3 Å². The Morgan fingerprint density at radius 2 is 2.16 bits per heavy atom. The first-order chi connectivity index (χ1) is 12.1. The van der Waals surface area contributed by atoms with Gasteiger partial charge in [0.05, 0.1) is 18.2 Å². The van der Waals surface area contributed by atoms with Crippen LogP contribution in [0.3, 0.4) is 0 Å². The number of urea groups is 1. The Balaban J connectivity index is 1.90. The number of hydrogen-bond acceptors (Lipinski definition) is 5. The van der Waals surface area contributed by atoms with Crippen molar-refractivity contribution in [2.45, 2.75) is 32.7 Å². The molecular weight excluding hydrogens is 338 g/mol. The van der Waals surface area contributed by atoms with Crippen LogP contribution < -0.4 is 10.6 Å². The molecule has 1 saturated heterocycles. The first-order valence-electron chi connectivity index (χ1n) is 8.82. The molecule has 1 atom stereocenters. The predicted molar refractivity (Wildman–Crippen MR) is 97.2 cm³/mol. The smallest absolute Gasteiger partial charge is 0.338 e. The van der Waals surface area contributed by atoms with Crippen LogP contribution in [0.1, 0.15) is 37.6 Å². The third-order valence-electron chi connectivity index (χ3n) is 4.73. The molecule has 2 aliphatic rings. The summed E-state index contributed by atoms with van der Waals surface area (Å²) in [6.07, 6.45) is 2.28. The number of ether oxygens (including phenoxy) is 1. The summed E-state index contributed by atoms with van der Waals surface area (Å²) in [5, 5.41) is 7.66. The number of carbonyl (C=O) groups is 2. The molecule has 6 nitrogen and oxygen atoms in total. The molecule has 0 aromatic carbocycles. The molecule has 0 radical (unpaired) electrons. The normalized spacial score (nSPS) is 22.5. The summed E-state index contributed by atoms with van der Waals surface area (Å²) < 4.78 is 5.28. The van der Waals surface area contributed by atoms with Crippen molar-refractivity contribution in [1.29, 1.82) is 0 Å². The van der Waals surface area contributed by atoms with Crippen molar-refractivity contribution in [2.24, 2.45) is 5.92 Å². The summed E-state index contributed by atoms with van der Waals surface area (Å²) in [7, 11) is 0. The van der Waals surface area contributed by atoms with E-state index >= 15 is 0 Å². The molecule has 136 valence electrons. The van der Waals surface area contributed by atoms with Crippen LogP contribution in [0.25, 0.3) is 0 Å². The lowest BCUT2D eigenvalue weighted by Crippen LogP contribution is -2.49. The lowest BCUT2D eigenvalue weighted by atomic mass is 9.97. The molecule has 3 rings (SSSR count). The van der Waals surface area contributed by atoms with Crippen molar-refractivity contribution in [3.63, 3.8) is 0 Å². The van der Waals surface area contributed by atoms with Crippen molar-refractivity contribution in [3.05, 3.63) is 33.7 Å². The molecule has 0 aliphatic carbocycles. The van der Waals surface area contributed by atoms with Gasteiger partial charge in [0, 0.05) is 17.1 Å². The minimum absolute atomic E-state index is 0.271. The van der Waals surface area contributed by atoms with E-state index in [-0.39, 0.29) is 12.0 Å². The van der Waals surface area contributed by atoms with Crippen LogP contribution in [0, 0.1) is 5.92 Å². The molecule has 0 bridgehead atoms. The summed E-state index contributed by atoms with van der Waals surface area (Å²) in [4.78, 5) is 28.0. The Morgan fingerprint density at radius 3 is 2.80 bits per heavy atom. The highest BCUT2D eigenvalue weighted by Gasteiger charge is 2.35. The van der Waals surface area contributed by atoms with E-state index in [1.165, 1.54) is 11.3 Å². The molecule has 1 aromatic rings. The zero-order valence-corrected chi connectivity index (χ0v) is 15.5. The predicted octanol–water partition coefficient (Wildman–Crippen LogP) is 2.65. The van der Waals surface area contributed by atoms with E-state index in [2.05, 4.69) is 22.5 Å². The van der Waals surface area contributed by atoms with E-state index in [1.54, 1.807) is 6.92 Å². The van der Waals surface area contributed by atoms with Crippen LogP contribution in [-0.2, 0) is 9.53 Å². The van der Waals surface area contributed by atoms with Crippen LogP contribution >= 0.6 is 11.3 Å². The fourth-order valence-corrected chi connectivity index (χ4v) is 4.09. The molecular formula is C18H25N3O3S. The van der Waals surface area contributed by atoms with Crippen LogP contribution in [-0.4, -0.2) is 43.1 Å². The summed E-state index contributed by atoms with van der Waals surface area (Å²) >= 11 is 1.52. The number of nitrogens with zero attached hydrogens (tertiary/aromatic N) is 1. The molecule has 3 heterocycles. The molecule has 1 aromatic heterocycles. The SMILES string of the molecule is CCOC(=O)C1=C(CN2CCC(C)CC2)NC(=O)N[C@@H]1c1cccs1. The van der Waals surface area contributed by atoms with Gasteiger partial charge in [0.15, 0.2) is 0 Å². The average molecular weight is 363 g/mol. The van der Waals surface area contributed by atoms with Crippen LogP contribution in [0.15, 0.2) is 28.8 Å². The Labute approximate surface area is 152 Å². The highest BCUT2D eigenvalue weighted by molar-refractivity contribution is 7.10. The number of likely N-dealkylation sites (tertiary alicyclic amines) is 1. The second-order valence-corrected chi connectivity index (χ2v) is 7.60. The van der Waals surface area contributed by atoms with Crippen molar-refractivity contribution >= 4 is 23.3 Å². The topological polar surface area (TPSA) is 70.7 Å². The average Bonchev–Trinajstić information content (AvgIpc) is 3.11. The molecule has 25 heavy (non-hydrogen) atoms. The van der Waals surface area contributed by atoms with Gasteiger partial charge in [-0.05, 0) is 50.2 Å². The number of thiophene rings is 1. The van der Waals surface area contributed by atoms with Crippen LogP contribution in [0.4, 0.5) is 4.79 Å². The summed E-state index contributed by atoms with van der Waals surface area (Å²) in [6, 6.07) is 3.13. The zero-order valence-electron chi connectivity index (χ0n) is 14.7. The maximum absolute atomic E-state index is 12.6. The Hall–Kier alpha value is -1.86. The van der Waals surface area contributed by atoms with Gasteiger partial charge < -0.3 is 15.4 Å². The molecule has 0 spiro atoms. The van der Waals surface area contributed by atoms with E-state index in [9.17, 15) is 9.59 Å². The number of esters is 1. The van der Waals surface area contributed by atoms with Gasteiger partial charge in [0.1, 0.15) is 0 Å². The van der Waals surface area contributed by atoms with Crippen molar-refractivity contribution in [3.8, 4) is 0 Å². The standard InChI is InChI=1S/C18H25N3O3S/c1-3-24-17(22)15-13(11-21-8-6-12(2)7-9-21)19-18(23)20-16(15)14-5-4-10-25-14/h4-5,10,12,16H,3,6-9,11H2,1-2H3,(H2,19,20,23)/t16-/m1/s1. The van der Waals surface area contributed by atoms with E-state index in [4.69, 9.17) is 4.74 Å². The van der Waals surface area contributed by atoms with Crippen molar-refractivity contribution in [2.75, 3.05) is 26.2 Å². The monoisotopic (exact) mass is 363 g/mol. The van der Waals surface area contributed by atoms with Gasteiger partial charge in [0.25, 0.3) is 0 Å². The van der Waals surface area contributed by atoms with Gasteiger partial charge in [-0.2, -0.15) is 0 Å². The molecule has 0 unspecified atom stereocenters. The second-order valence-electron chi connectivity index (χ2n) is 6.62. The van der Waals surface area contributed by atoms with Gasteiger partial charge in [-0.1, -0.05) is 13.0 Å². The van der Waals surface area contributed by atoms with E-state index in [0.29, 0.717) is 24.4 Å². The highest BCUT2D eigenvalue weighted by Crippen LogP contribution is 2.31. The molecule has 2 N–H and O–H groups in total. The van der Waals surface area contributed by atoms with Gasteiger partial charge in [-0.25, -0.2) is 9.59 Å². The quantitative estimate of drug-likeness (QED) is 0.789. The fourth-order valence-electron chi connectivity index (χ4n) is 3.31. The summed E-state index contributed by atoms with van der Waals surface area (Å²) in [6.45, 7) is 6.89. The Bertz CT molecular complexity index is 649. The van der Waals surface area contributed by atoms with E-state index in [0.717, 1.165) is 36.7 Å². The lowest BCUT2D eigenvalue weighted by molar-refractivity contribution is -0.139. The van der Waals surface area contributed by atoms with E-state index in [1.807, 2.05) is 17.5 Å². The molecule has 1 fully saturated rings. The Morgan fingerprint density at radius 1 is 1.40 bits per heavy atom. The fraction of sp³-hybridized carbons (Fsp3) is 0.556. The van der Waals surface area contributed by atoms with Gasteiger partial charge in [-0.3, -0.25) is 4.90 Å². The zero-order chi connectivity index (χ0) is 17.8. The first-order valence-corrected chi connectivity index (χ1v) is 9.70. The number of piperidine rings is 1. The minimum atomic E-state index is -0.452. The number of amides is 2. The molecule has 2 aliphatic heterocycles. The molecule has 7 heteroatoms. The second kappa shape index (κ2) is 8.01. The maximum atomic E-state index is 12.6. The third kappa shape index (κ3) is 4.22. The van der Waals surface area contributed by atoms with Gasteiger partial charge in [0.2, 0.25) is 0 Å². The summed E-state index contributed by atoms with van der Waals surface area (Å²) in [5.74, 6) is 0.366. The number of carbonyl (C=O) groups excluding carboxylic acids is 2. The largest absolute Gasteiger partial charge is 0.463 e. The summed E-state index contributed by atoms with van der Waals surface area (Å²) in [5.41, 5.74) is 1.18. The van der Waals surface area contributed by atoms with Crippen molar-refractivity contribution in [1.82, 2.24) is 15.5 Å². The first kappa shape index (κ1) is 17.9. The lowest BCUT2D eigenvalue weighted by Gasteiger charge is -2.34. The van der Waals surface area contributed by atoms with E-state index < -0.39 is 6.04 Å². The third-order valence-corrected chi connectivity index (χ3v) is 5.67. The van der Waals surface area contributed by atoms with Gasteiger partial charge in [-0.15, -0.1) is 11.3 Å².